The number of nitrogens with zero attached hydrogens (tertiary/aromatic N) is 3. The molecule has 0 saturated carbocycles. The van der Waals surface area contributed by atoms with Crippen LogP contribution >= 0.6 is 11.6 Å². The number of rotatable bonds is 4. The Balaban J connectivity index is 1.81. The maximum atomic E-state index is 5.97. The second-order valence-corrected chi connectivity index (χ2v) is 5.79. The Hall–Kier alpha value is -1.91. The zero-order valence-corrected chi connectivity index (χ0v) is 13.3. The fourth-order valence-corrected chi connectivity index (χ4v) is 2.58. The molecule has 114 valence electrons. The van der Waals surface area contributed by atoms with Crippen molar-refractivity contribution in [1.82, 2.24) is 14.9 Å². The fourth-order valence-electron chi connectivity index (χ4n) is 2.46. The largest absolute Gasteiger partial charge is 0.369 e. The second kappa shape index (κ2) is 6.90. The van der Waals surface area contributed by atoms with Crippen LogP contribution in [0.25, 0.3) is 11.3 Å². The molecule has 2 heterocycles. The van der Waals surface area contributed by atoms with E-state index in [-0.39, 0.29) is 0 Å². The van der Waals surface area contributed by atoms with E-state index in [4.69, 9.17) is 11.6 Å². The minimum atomic E-state index is 0.726. The molecule has 4 nitrogen and oxygen atoms in total. The molecule has 22 heavy (non-hydrogen) atoms. The van der Waals surface area contributed by atoms with Gasteiger partial charge in [0.2, 0.25) is 0 Å². The van der Waals surface area contributed by atoms with Crippen LogP contribution in [0.4, 0.5) is 5.69 Å². The van der Waals surface area contributed by atoms with Crippen molar-refractivity contribution in [3.05, 3.63) is 53.5 Å². The van der Waals surface area contributed by atoms with Crippen LogP contribution in [-0.4, -0.2) is 34.6 Å². The molecule has 1 N–H and O–H groups in total. The summed E-state index contributed by atoms with van der Waals surface area (Å²) >= 11 is 5.97. The highest BCUT2D eigenvalue weighted by Gasteiger charge is 2.11. The van der Waals surface area contributed by atoms with E-state index in [1.165, 1.54) is 0 Å². The van der Waals surface area contributed by atoms with Gasteiger partial charge in [-0.25, -0.2) is 9.97 Å². The summed E-state index contributed by atoms with van der Waals surface area (Å²) in [5.41, 5.74) is 2.90. The molecule has 1 aromatic carbocycles. The Labute approximate surface area is 135 Å². The molecule has 0 radical (unpaired) electrons. The van der Waals surface area contributed by atoms with E-state index >= 15 is 0 Å². The molecule has 2 aromatic rings. The highest BCUT2D eigenvalue weighted by molar-refractivity contribution is 6.30. The average molecular weight is 315 g/mol. The summed E-state index contributed by atoms with van der Waals surface area (Å²) in [6.07, 6.45) is 7.39. The van der Waals surface area contributed by atoms with Gasteiger partial charge in [-0.05, 0) is 25.5 Å². The van der Waals surface area contributed by atoms with E-state index in [9.17, 15) is 0 Å². The maximum Gasteiger partial charge on any atom is 0.126 e. The summed E-state index contributed by atoms with van der Waals surface area (Å²) in [5, 5.41) is 4.18. The van der Waals surface area contributed by atoms with Crippen molar-refractivity contribution < 1.29 is 0 Å². The van der Waals surface area contributed by atoms with E-state index < -0.39 is 0 Å². The molecule has 1 aromatic heterocycles. The molecule has 1 aliphatic heterocycles. The van der Waals surface area contributed by atoms with Gasteiger partial charge in [0.25, 0.3) is 0 Å². The number of anilines is 1. The first kappa shape index (κ1) is 15.0. The number of nitrogens with one attached hydrogen (secondary N) is 1. The summed E-state index contributed by atoms with van der Waals surface area (Å²) in [5.74, 6) is 0.761. The lowest BCUT2D eigenvalue weighted by atomic mass is 10.1. The zero-order valence-electron chi connectivity index (χ0n) is 12.6. The van der Waals surface area contributed by atoms with Gasteiger partial charge in [0, 0.05) is 23.7 Å². The van der Waals surface area contributed by atoms with Gasteiger partial charge in [-0.15, -0.1) is 0 Å². The molecule has 5 heteroatoms. The predicted molar refractivity (Wildman–Crippen MR) is 91.0 cm³/mol. The minimum absolute atomic E-state index is 0.726. The predicted octanol–water partition coefficient (Wildman–Crippen LogP) is 3.74. The molecule has 0 bridgehead atoms. The molecule has 1 aliphatic rings. The van der Waals surface area contributed by atoms with Crippen molar-refractivity contribution in [2.24, 2.45) is 0 Å². The number of aromatic nitrogens is 2. The third-order valence-electron chi connectivity index (χ3n) is 3.66. The van der Waals surface area contributed by atoms with E-state index in [0.717, 1.165) is 54.0 Å². The average Bonchev–Trinajstić information content (AvgIpc) is 2.55. The normalized spacial score (nSPS) is 15.0. The Bertz CT molecular complexity index is 667. The van der Waals surface area contributed by atoms with Crippen LogP contribution < -0.4 is 5.32 Å². The number of benzene rings is 1. The van der Waals surface area contributed by atoms with Gasteiger partial charge in [-0.2, -0.15) is 0 Å². The highest BCUT2D eigenvalue weighted by Crippen LogP contribution is 2.26. The summed E-state index contributed by atoms with van der Waals surface area (Å²) in [6.45, 7) is 4.75. The van der Waals surface area contributed by atoms with Crippen LogP contribution in [0.5, 0.6) is 0 Å². The Morgan fingerprint density at radius 1 is 1.23 bits per heavy atom. The topological polar surface area (TPSA) is 41.1 Å². The summed E-state index contributed by atoms with van der Waals surface area (Å²) < 4.78 is 0. The van der Waals surface area contributed by atoms with Crippen molar-refractivity contribution in [3.8, 4) is 11.3 Å². The summed E-state index contributed by atoms with van der Waals surface area (Å²) in [4.78, 5) is 11.3. The van der Waals surface area contributed by atoms with Crippen LogP contribution in [0, 0.1) is 6.92 Å². The monoisotopic (exact) mass is 314 g/mol. The Kier molecular flexibility index (Phi) is 4.71. The summed E-state index contributed by atoms with van der Waals surface area (Å²) in [6, 6.07) is 7.74. The molecule has 0 atom stereocenters. The van der Waals surface area contributed by atoms with Gasteiger partial charge >= 0.3 is 0 Å². The highest BCUT2D eigenvalue weighted by atomic mass is 35.5. The Morgan fingerprint density at radius 3 is 2.77 bits per heavy atom. The van der Waals surface area contributed by atoms with Gasteiger partial charge in [-0.1, -0.05) is 35.9 Å². The quantitative estimate of drug-likeness (QED) is 0.873. The standard InChI is InChI=1S/C17H19ClN4/c1-13-19-11-16(20-12-22-9-3-2-4-10-22)17(21-13)14-5-7-15(18)8-6-14/h2-3,5-8,11,20H,4,9-10,12H2,1H3. The lowest BCUT2D eigenvalue weighted by Crippen LogP contribution is -2.32. The number of aryl methyl sites for hydroxylation is 1. The van der Waals surface area contributed by atoms with E-state index in [1.54, 1.807) is 0 Å². The summed E-state index contributed by atoms with van der Waals surface area (Å²) in [7, 11) is 0. The van der Waals surface area contributed by atoms with Crippen LogP contribution in [0.1, 0.15) is 12.2 Å². The number of hydrogen-bond donors (Lipinski definition) is 1. The lowest BCUT2D eigenvalue weighted by molar-refractivity contribution is 0.320. The fraction of sp³-hybridized carbons (Fsp3) is 0.294. The van der Waals surface area contributed by atoms with Crippen molar-refractivity contribution in [1.29, 1.82) is 0 Å². The third-order valence-corrected chi connectivity index (χ3v) is 3.91. The van der Waals surface area contributed by atoms with Gasteiger partial charge in [0.05, 0.1) is 24.2 Å². The van der Waals surface area contributed by atoms with E-state index in [1.807, 2.05) is 37.4 Å². The van der Waals surface area contributed by atoms with Crippen LogP contribution in [0.15, 0.2) is 42.6 Å². The van der Waals surface area contributed by atoms with Crippen LogP contribution in [0.3, 0.4) is 0 Å². The molecule has 0 fully saturated rings. The van der Waals surface area contributed by atoms with Crippen LogP contribution in [-0.2, 0) is 0 Å². The molecule has 3 rings (SSSR count). The molecule has 0 saturated heterocycles. The van der Waals surface area contributed by atoms with Gasteiger partial charge < -0.3 is 5.32 Å². The first-order valence-electron chi connectivity index (χ1n) is 7.43. The molecule has 0 amide bonds. The SMILES string of the molecule is Cc1ncc(NCN2CC=CCC2)c(-c2ccc(Cl)cc2)n1. The number of halogens is 1. The van der Waals surface area contributed by atoms with Gasteiger partial charge in [0.1, 0.15) is 5.82 Å². The smallest absolute Gasteiger partial charge is 0.126 e. The maximum absolute atomic E-state index is 5.97. The second-order valence-electron chi connectivity index (χ2n) is 5.36. The number of hydrogen-bond acceptors (Lipinski definition) is 4. The van der Waals surface area contributed by atoms with Crippen molar-refractivity contribution in [3.63, 3.8) is 0 Å². The van der Waals surface area contributed by atoms with Crippen molar-refractivity contribution in [2.75, 3.05) is 25.1 Å². The minimum Gasteiger partial charge on any atom is -0.369 e. The molecule has 0 spiro atoms. The third kappa shape index (κ3) is 3.64. The lowest BCUT2D eigenvalue weighted by Gasteiger charge is -2.24. The molecule has 0 unspecified atom stereocenters. The molecular weight excluding hydrogens is 296 g/mol. The molecular formula is C17H19ClN4. The van der Waals surface area contributed by atoms with Gasteiger partial charge in [-0.3, -0.25) is 4.90 Å². The van der Waals surface area contributed by atoms with Crippen LogP contribution in [0.2, 0.25) is 5.02 Å². The first-order valence-corrected chi connectivity index (χ1v) is 7.81. The Morgan fingerprint density at radius 2 is 2.05 bits per heavy atom. The van der Waals surface area contributed by atoms with Crippen molar-refractivity contribution in [2.45, 2.75) is 13.3 Å². The van der Waals surface area contributed by atoms with Gasteiger partial charge in [0.15, 0.2) is 0 Å². The van der Waals surface area contributed by atoms with E-state index in [2.05, 4.69) is 32.3 Å². The molecule has 0 aliphatic carbocycles. The first-order chi connectivity index (χ1) is 10.7. The zero-order chi connectivity index (χ0) is 15.4. The van der Waals surface area contributed by atoms with E-state index in [0.29, 0.717) is 0 Å². The van der Waals surface area contributed by atoms with Crippen molar-refractivity contribution >= 4 is 17.3 Å².